The maximum atomic E-state index is 5.67. The normalized spacial score (nSPS) is 21.5. The average molecular weight is 192 g/mol. The van der Waals surface area contributed by atoms with Gasteiger partial charge in [0.2, 0.25) is 0 Å². The molecule has 1 aromatic rings. The monoisotopic (exact) mass is 192 g/mol. The molecule has 1 unspecified atom stereocenters. The molecule has 1 aliphatic rings. The van der Waals surface area contributed by atoms with Crippen molar-refractivity contribution in [2.45, 2.75) is 25.8 Å². The molecule has 0 amide bonds. The van der Waals surface area contributed by atoms with Gasteiger partial charge in [-0.1, -0.05) is 0 Å². The minimum atomic E-state index is 0.432. The van der Waals surface area contributed by atoms with E-state index in [0.717, 1.165) is 12.4 Å². The summed E-state index contributed by atoms with van der Waals surface area (Å²) in [6.07, 6.45) is 2.46. The highest BCUT2D eigenvalue weighted by molar-refractivity contribution is 5.62. The number of aromatic nitrogens is 1. The number of pyridine rings is 1. The molecular weight excluding hydrogens is 176 g/mol. The Morgan fingerprint density at radius 1 is 1.43 bits per heavy atom. The van der Waals surface area contributed by atoms with E-state index in [0.29, 0.717) is 17.5 Å². The molecule has 1 aliphatic heterocycles. The van der Waals surface area contributed by atoms with E-state index in [4.69, 9.17) is 11.5 Å². The lowest BCUT2D eigenvalue weighted by molar-refractivity contribution is 0.728. The minimum Gasteiger partial charge on any atom is -0.396 e. The number of nitrogens with two attached hydrogens (primary N) is 2. The van der Waals surface area contributed by atoms with Gasteiger partial charge in [0.1, 0.15) is 11.6 Å². The van der Waals surface area contributed by atoms with Crippen LogP contribution in [-0.4, -0.2) is 17.6 Å². The van der Waals surface area contributed by atoms with E-state index in [1.807, 2.05) is 12.1 Å². The molecule has 1 atom stereocenters. The van der Waals surface area contributed by atoms with Crippen LogP contribution in [0.15, 0.2) is 12.1 Å². The fourth-order valence-electron chi connectivity index (χ4n) is 1.91. The third-order valence-electron chi connectivity index (χ3n) is 2.79. The van der Waals surface area contributed by atoms with Gasteiger partial charge in [0.05, 0.1) is 5.69 Å². The van der Waals surface area contributed by atoms with E-state index in [-0.39, 0.29) is 0 Å². The lowest BCUT2D eigenvalue weighted by Crippen LogP contribution is -2.27. The summed E-state index contributed by atoms with van der Waals surface area (Å²) < 4.78 is 0. The Labute approximate surface area is 83.9 Å². The van der Waals surface area contributed by atoms with E-state index < -0.39 is 0 Å². The van der Waals surface area contributed by atoms with Crippen LogP contribution >= 0.6 is 0 Å². The molecule has 0 saturated carbocycles. The molecule has 76 valence electrons. The maximum absolute atomic E-state index is 5.67. The molecule has 1 saturated heterocycles. The summed E-state index contributed by atoms with van der Waals surface area (Å²) in [5, 5.41) is 0. The second-order valence-electron chi connectivity index (χ2n) is 3.83. The van der Waals surface area contributed by atoms with E-state index in [1.54, 1.807) is 0 Å². The zero-order chi connectivity index (χ0) is 10.1. The highest BCUT2D eigenvalue weighted by Crippen LogP contribution is 2.25. The van der Waals surface area contributed by atoms with Gasteiger partial charge in [0, 0.05) is 12.6 Å². The molecule has 0 aliphatic carbocycles. The lowest BCUT2D eigenvalue weighted by atomic mass is 10.2. The van der Waals surface area contributed by atoms with Gasteiger partial charge >= 0.3 is 0 Å². The number of hydrogen-bond donors (Lipinski definition) is 2. The van der Waals surface area contributed by atoms with Crippen molar-refractivity contribution in [2.24, 2.45) is 0 Å². The topological polar surface area (TPSA) is 68.2 Å². The predicted molar refractivity (Wildman–Crippen MR) is 59.1 cm³/mol. The van der Waals surface area contributed by atoms with E-state index in [2.05, 4.69) is 16.8 Å². The van der Waals surface area contributed by atoms with Crippen LogP contribution in [0, 0.1) is 0 Å². The van der Waals surface area contributed by atoms with Crippen molar-refractivity contribution in [2.75, 3.05) is 22.9 Å². The smallest absolute Gasteiger partial charge is 0.149 e. The molecule has 4 heteroatoms. The molecule has 4 N–H and O–H groups in total. The molecule has 0 aromatic carbocycles. The summed E-state index contributed by atoms with van der Waals surface area (Å²) in [7, 11) is 0. The van der Waals surface area contributed by atoms with Crippen LogP contribution in [-0.2, 0) is 0 Å². The fraction of sp³-hybridized carbons (Fsp3) is 0.500. The van der Waals surface area contributed by atoms with Crippen molar-refractivity contribution in [3.8, 4) is 0 Å². The Morgan fingerprint density at radius 2 is 2.21 bits per heavy atom. The number of nitrogens with zero attached hydrogens (tertiary/aromatic N) is 2. The first kappa shape index (κ1) is 9.12. The Bertz CT molecular complexity index is 337. The number of anilines is 3. The maximum Gasteiger partial charge on any atom is 0.149 e. The van der Waals surface area contributed by atoms with Gasteiger partial charge in [-0.05, 0) is 31.9 Å². The largest absolute Gasteiger partial charge is 0.396 e. The van der Waals surface area contributed by atoms with Crippen LogP contribution in [0.2, 0.25) is 0 Å². The van der Waals surface area contributed by atoms with Crippen LogP contribution in [0.3, 0.4) is 0 Å². The van der Waals surface area contributed by atoms with Crippen molar-refractivity contribution in [3.05, 3.63) is 12.1 Å². The molecule has 0 spiro atoms. The molecule has 4 nitrogen and oxygen atoms in total. The Balaban J connectivity index is 2.28. The Kier molecular flexibility index (Phi) is 2.19. The van der Waals surface area contributed by atoms with Gasteiger partial charge in [-0.25, -0.2) is 4.98 Å². The Hall–Kier alpha value is -1.45. The average Bonchev–Trinajstić information content (AvgIpc) is 2.57. The van der Waals surface area contributed by atoms with E-state index in [9.17, 15) is 0 Å². The zero-order valence-corrected chi connectivity index (χ0v) is 8.40. The number of rotatable bonds is 1. The summed E-state index contributed by atoms with van der Waals surface area (Å²) >= 11 is 0. The zero-order valence-electron chi connectivity index (χ0n) is 8.40. The highest BCUT2D eigenvalue weighted by atomic mass is 15.2. The molecule has 2 rings (SSSR count). The molecule has 1 aromatic heterocycles. The van der Waals surface area contributed by atoms with Gasteiger partial charge < -0.3 is 16.4 Å². The molecule has 14 heavy (non-hydrogen) atoms. The first-order chi connectivity index (χ1) is 6.68. The quantitative estimate of drug-likeness (QED) is 0.702. The predicted octanol–water partition coefficient (Wildman–Crippen LogP) is 1.23. The molecule has 2 heterocycles. The standard InChI is InChI=1S/C10H16N4/c1-7-3-2-6-14(7)9-5-4-8(11)10(12)13-9/h4-5,7H,2-3,6,11H2,1H3,(H2,12,13). The molecular formula is C10H16N4. The second-order valence-corrected chi connectivity index (χ2v) is 3.83. The van der Waals surface area contributed by atoms with Gasteiger partial charge in [0.25, 0.3) is 0 Å². The van der Waals surface area contributed by atoms with Gasteiger partial charge in [-0.3, -0.25) is 0 Å². The fourth-order valence-corrected chi connectivity index (χ4v) is 1.91. The molecule has 1 fully saturated rings. The first-order valence-corrected chi connectivity index (χ1v) is 4.97. The third-order valence-corrected chi connectivity index (χ3v) is 2.79. The summed E-state index contributed by atoms with van der Waals surface area (Å²) in [5.41, 5.74) is 11.8. The van der Waals surface area contributed by atoms with Crippen LogP contribution in [0.25, 0.3) is 0 Å². The van der Waals surface area contributed by atoms with Gasteiger partial charge in [-0.2, -0.15) is 0 Å². The van der Waals surface area contributed by atoms with E-state index in [1.165, 1.54) is 12.8 Å². The Morgan fingerprint density at radius 3 is 2.79 bits per heavy atom. The number of hydrogen-bond acceptors (Lipinski definition) is 4. The lowest BCUT2D eigenvalue weighted by Gasteiger charge is -2.22. The summed E-state index contributed by atoms with van der Waals surface area (Å²) in [6, 6.07) is 4.32. The molecule has 0 bridgehead atoms. The first-order valence-electron chi connectivity index (χ1n) is 4.97. The van der Waals surface area contributed by atoms with Crippen LogP contribution < -0.4 is 16.4 Å². The van der Waals surface area contributed by atoms with Crippen molar-refractivity contribution in [1.82, 2.24) is 4.98 Å². The van der Waals surface area contributed by atoms with Gasteiger partial charge in [0.15, 0.2) is 0 Å². The summed E-state index contributed by atoms with van der Waals surface area (Å²) in [4.78, 5) is 6.56. The van der Waals surface area contributed by atoms with E-state index >= 15 is 0 Å². The minimum absolute atomic E-state index is 0.432. The van der Waals surface area contributed by atoms with Gasteiger partial charge in [-0.15, -0.1) is 0 Å². The van der Waals surface area contributed by atoms with Crippen molar-refractivity contribution in [3.63, 3.8) is 0 Å². The van der Waals surface area contributed by atoms with Crippen molar-refractivity contribution < 1.29 is 0 Å². The third kappa shape index (κ3) is 1.47. The highest BCUT2D eigenvalue weighted by Gasteiger charge is 2.21. The van der Waals surface area contributed by atoms with Crippen LogP contribution in [0.1, 0.15) is 19.8 Å². The SMILES string of the molecule is CC1CCCN1c1ccc(N)c(N)n1. The molecule has 0 radical (unpaired) electrons. The van der Waals surface area contributed by atoms with Crippen LogP contribution in [0.5, 0.6) is 0 Å². The van der Waals surface area contributed by atoms with Crippen molar-refractivity contribution in [1.29, 1.82) is 0 Å². The van der Waals surface area contributed by atoms with Crippen LogP contribution in [0.4, 0.5) is 17.3 Å². The number of nitrogen functional groups attached to an aromatic ring is 2. The summed E-state index contributed by atoms with van der Waals surface area (Å²) in [5.74, 6) is 1.38. The van der Waals surface area contributed by atoms with Crippen molar-refractivity contribution >= 4 is 17.3 Å². The summed E-state index contributed by atoms with van der Waals surface area (Å²) in [6.45, 7) is 3.28. The second kappa shape index (κ2) is 3.36.